The van der Waals surface area contributed by atoms with Crippen LogP contribution in [-0.4, -0.2) is 30.9 Å². The number of carbonyl (C=O) groups excluding carboxylic acids is 1. The number of amides is 1. The molecule has 0 spiro atoms. The Bertz CT molecular complexity index is 754. The van der Waals surface area contributed by atoms with Gasteiger partial charge in [-0.3, -0.25) is 4.79 Å². The first kappa shape index (κ1) is 18.9. The van der Waals surface area contributed by atoms with Crippen molar-refractivity contribution in [3.05, 3.63) is 58.6 Å². The number of hydrogen-bond acceptors (Lipinski definition) is 4. The molecule has 138 valence electrons. The zero-order chi connectivity index (χ0) is 18.4. The van der Waals surface area contributed by atoms with E-state index < -0.39 is 0 Å². The number of carbonyl (C=O) groups is 1. The van der Waals surface area contributed by atoms with Gasteiger partial charge in [-0.15, -0.1) is 11.8 Å². The van der Waals surface area contributed by atoms with E-state index in [-0.39, 0.29) is 11.2 Å². The molecule has 2 aromatic rings. The average molecular weight is 392 g/mol. The lowest BCUT2D eigenvalue weighted by molar-refractivity contribution is -0.120. The van der Waals surface area contributed by atoms with Crippen LogP contribution in [0.25, 0.3) is 0 Å². The number of thioether (sulfide) groups is 1. The zero-order valence-corrected chi connectivity index (χ0v) is 16.2. The van der Waals surface area contributed by atoms with Gasteiger partial charge in [-0.05, 0) is 36.6 Å². The number of benzene rings is 2. The number of hydrogen-bond donors (Lipinski definition) is 1. The maximum atomic E-state index is 12.3. The largest absolute Gasteiger partial charge is 0.486 e. The molecule has 0 bridgehead atoms. The van der Waals surface area contributed by atoms with Crippen molar-refractivity contribution in [2.45, 2.75) is 24.3 Å². The summed E-state index contributed by atoms with van der Waals surface area (Å²) in [5.41, 5.74) is 2.24. The minimum absolute atomic E-state index is 0.0505. The third-order valence-electron chi connectivity index (χ3n) is 4.08. The van der Waals surface area contributed by atoms with Crippen LogP contribution in [0.4, 0.5) is 0 Å². The van der Waals surface area contributed by atoms with Crippen LogP contribution >= 0.6 is 23.4 Å². The van der Waals surface area contributed by atoms with Gasteiger partial charge in [0.1, 0.15) is 13.2 Å². The van der Waals surface area contributed by atoms with Gasteiger partial charge in [0, 0.05) is 12.3 Å². The molecule has 1 unspecified atom stereocenters. The number of ether oxygens (including phenoxy) is 2. The van der Waals surface area contributed by atoms with Gasteiger partial charge in [0.2, 0.25) is 5.91 Å². The van der Waals surface area contributed by atoms with Crippen molar-refractivity contribution in [3.8, 4) is 11.5 Å². The SMILES string of the molecule is CC(SCc1ccccc1)C(=O)NCCc1cc(Cl)c2c(c1)OCCO2. The summed E-state index contributed by atoms with van der Waals surface area (Å²) < 4.78 is 11.1. The highest BCUT2D eigenvalue weighted by molar-refractivity contribution is 7.99. The summed E-state index contributed by atoms with van der Waals surface area (Å²) >= 11 is 7.88. The van der Waals surface area contributed by atoms with Crippen LogP contribution in [0.2, 0.25) is 5.02 Å². The van der Waals surface area contributed by atoms with Gasteiger partial charge in [0.05, 0.1) is 10.3 Å². The Kier molecular flexibility index (Phi) is 6.69. The van der Waals surface area contributed by atoms with Gasteiger partial charge in [-0.2, -0.15) is 0 Å². The van der Waals surface area contributed by atoms with Gasteiger partial charge in [-0.1, -0.05) is 41.9 Å². The van der Waals surface area contributed by atoms with Crippen LogP contribution in [0.1, 0.15) is 18.1 Å². The molecule has 1 heterocycles. The van der Waals surface area contributed by atoms with E-state index in [1.54, 1.807) is 11.8 Å². The predicted molar refractivity (Wildman–Crippen MR) is 106 cm³/mol. The van der Waals surface area contributed by atoms with Gasteiger partial charge in [0.15, 0.2) is 11.5 Å². The lowest BCUT2D eigenvalue weighted by Gasteiger charge is -2.20. The van der Waals surface area contributed by atoms with Crippen LogP contribution in [0, 0.1) is 0 Å². The molecule has 0 fully saturated rings. The summed E-state index contributed by atoms with van der Waals surface area (Å²) in [5, 5.41) is 3.44. The van der Waals surface area contributed by atoms with Gasteiger partial charge < -0.3 is 14.8 Å². The summed E-state index contributed by atoms with van der Waals surface area (Å²) in [6, 6.07) is 14.0. The molecular formula is C20H22ClNO3S. The Labute approximate surface area is 163 Å². The number of rotatable bonds is 7. The Morgan fingerprint density at radius 1 is 1.19 bits per heavy atom. The van der Waals surface area contributed by atoms with Crippen LogP contribution in [0.3, 0.4) is 0 Å². The molecule has 0 radical (unpaired) electrons. The smallest absolute Gasteiger partial charge is 0.232 e. The summed E-state index contributed by atoms with van der Waals surface area (Å²) in [6.07, 6.45) is 0.693. The molecule has 6 heteroatoms. The zero-order valence-electron chi connectivity index (χ0n) is 14.7. The monoisotopic (exact) mass is 391 g/mol. The minimum atomic E-state index is -0.0981. The Morgan fingerprint density at radius 2 is 1.96 bits per heavy atom. The normalized spacial score (nSPS) is 13.9. The predicted octanol–water partition coefficient (Wildman–Crippen LogP) is 4.09. The Morgan fingerprint density at radius 3 is 2.77 bits per heavy atom. The van der Waals surface area contributed by atoms with Gasteiger partial charge in [0.25, 0.3) is 0 Å². The molecule has 1 atom stereocenters. The van der Waals surface area contributed by atoms with E-state index in [1.165, 1.54) is 5.56 Å². The molecule has 26 heavy (non-hydrogen) atoms. The average Bonchev–Trinajstić information content (AvgIpc) is 2.67. The Hall–Kier alpha value is -1.85. The quantitative estimate of drug-likeness (QED) is 0.772. The summed E-state index contributed by atoms with van der Waals surface area (Å²) in [5.74, 6) is 2.16. The highest BCUT2D eigenvalue weighted by Gasteiger charge is 2.17. The minimum Gasteiger partial charge on any atom is -0.486 e. The fraction of sp³-hybridized carbons (Fsp3) is 0.350. The maximum Gasteiger partial charge on any atom is 0.232 e. The van der Waals surface area contributed by atoms with Crippen molar-refractivity contribution in [1.82, 2.24) is 5.32 Å². The molecule has 3 rings (SSSR count). The molecule has 4 nitrogen and oxygen atoms in total. The molecular weight excluding hydrogens is 370 g/mol. The first-order chi connectivity index (χ1) is 12.6. The number of fused-ring (bicyclic) bond motifs is 1. The van der Waals surface area contributed by atoms with E-state index in [0.717, 1.165) is 11.3 Å². The molecule has 1 amide bonds. The lowest BCUT2D eigenvalue weighted by atomic mass is 10.1. The third-order valence-corrected chi connectivity index (χ3v) is 5.58. The van der Waals surface area contributed by atoms with Crippen LogP contribution in [-0.2, 0) is 17.0 Å². The topological polar surface area (TPSA) is 47.6 Å². The van der Waals surface area contributed by atoms with E-state index in [1.807, 2.05) is 37.3 Å². The first-order valence-corrected chi connectivity index (χ1v) is 10.1. The standard InChI is InChI=1S/C20H22ClNO3S/c1-14(26-13-15-5-3-2-4-6-15)20(23)22-8-7-16-11-17(21)19-18(12-16)24-9-10-25-19/h2-6,11-12,14H,7-10,13H2,1H3,(H,22,23). The molecule has 0 saturated carbocycles. The summed E-state index contributed by atoms with van der Waals surface area (Å²) in [6.45, 7) is 3.54. The van der Waals surface area contributed by atoms with Crippen molar-refractivity contribution in [2.75, 3.05) is 19.8 Å². The highest BCUT2D eigenvalue weighted by atomic mass is 35.5. The van der Waals surface area contributed by atoms with E-state index in [9.17, 15) is 4.79 Å². The molecule has 1 aliphatic heterocycles. The molecule has 1 aliphatic rings. The van der Waals surface area contributed by atoms with Crippen molar-refractivity contribution in [1.29, 1.82) is 0 Å². The van der Waals surface area contributed by atoms with Crippen LogP contribution in [0.15, 0.2) is 42.5 Å². The van der Waals surface area contributed by atoms with Crippen molar-refractivity contribution in [2.24, 2.45) is 0 Å². The fourth-order valence-corrected chi connectivity index (χ4v) is 3.81. The first-order valence-electron chi connectivity index (χ1n) is 8.65. The van der Waals surface area contributed by atoms with Crippen LogP contribution < -0.4 is 14.8 Å². The Balaban J connectivity index is 1.45. The van der Waals surface area contributed by atoms with Crippen molar-refractivity contribution >= 4 is 29.3 Å². The third kappa shape index (κ3) is 5.08. The number of nitrogens with one attached hydrogen (secondary N) is 1. The van der Waals surface area contributed by atoms with Crippen molar-refractivity contribution in [3.63, 3.8) is 0 Å². The molecule has 2 aromatic carbocycles. The molecule has 0 aliphatic carbocycles. The second-order valence-corrected chi connectivity index (χ2v) is 7.82. The highest BCUT2D eigenvalue weighted by Crippen LogP contribution is 2.38. The summed E-state index contributed by atoms with van der Waals surface area (Å²) in [4.78, 5) is 12.3. The fourth-order valence-electron chi connectivity index (χ4n) is 2.65. The van der Waals surface area contributed by atoms with Crippen molar-refractivity contribution < 1.29 is 14.3 Å². The second-order valence-electron chi connectivity index (χ2n) is 6.08. The number of halogens is 1. The van der Waals surface area contributed by atoms with Gasteiger partial charge >= 0.3 is 0 Å². The molecule has 0 saturated heterocycles. The van der Waals surface area contributed by atoms with E-state index in [0.29, 0.717) is 42.7 Å². The van der Waals surface area contributed by atoms with Gasteiger partial charge in [-0.25, -0.2) is 0 Å². The lowest BCUT2D eigenvalue weighted by Crippen LogP contribution is -2.32. The molecule has 1 N–H and O–H groups in total. The van der Waals surface area contributed by atoms with E-state index in [2.05, 4.69) is 17.4 Å². The summed E-state index contributed by atoms with van der Waals surface area (Å²) in [7, 11) is 0. The second kappa shape index (κ2) is 9.19. The van der Waals surface area contributed by atoms with Crippen LogP contribution in [0.5, 0.6) is 11.5 Å². The van der Waals surface area contributed by atoms with E-state index in [4.69, 9.17) is 21.1 Å². The van der Waals surface area contributed by atoms with E-state index >= 15 is 0 Å². The molecule has 0 aromatic heterocycles. The maximum absolute atomic E-state index is 12.3.